The van der Waals surface area contributed by atoms with Crippen LogP contribution >= 0.6 is 11.6 Å². The first-order valence-electron chi connectivity index (χ1n) is 3.28. The van der Waals surface area contributed by atoms with E-state index in [1.165, 1.54) is 24.5 Å². The first-order valence-corrected chi connectivity index (χ1v) is 3.66. The third kappa shape index (κ3) is 2.95. The first-order chi connectivity index (χ1) is 6.00. The zero-order valence-electron chi connectivity index (χ0n) is 6.30. The number of rotatable bonds is 2. The largest absolute Gasteiger partial charge is 0.400 e. The lowest BCUT2D eigenvalue weighted by Crippen LogP contribution is -2.28. The fourth-order valence-electron chi connectivity index (χ4n) is 0.639. The van der Waals surface area contributed by atoms with Crippen LogP contribution in [0.4, 0.5) is 14.5 Å². The molecule has 0 aliphatic carbocycles. The van der Waals surface area contributed by atoms with Crippen LogP contribution in [-0.2, 0) is 4.79 Å². The number of carbonyl (C=O) groups is 1. The molecule has 1 amide bonds. The Kier molecular flexibility index (Phi) is 2.77. The first kappa shape index (κ1) is 9.85. The molecular weight excluding hydrogens is 202 g/mol. The summed E-state index contributed by atoms with van der Waals surface area (Å²) in [7, 11) is 0. The minimum absolute atomic E-state index is 0.174. The van der Waals surface area contributed by atoms with Crippen molar-refractivity contribution in [3.8, 4) is 0 Å². The van der Waals surface area contributed by atoms with Gasteiger partial charge >= 0.3 is 11.3 Å². The van der Waals surface area contributed by atoms with E-state index in [1.807, 2.05) is 5.32 Å². The Morgan fingerprint density at radius 1 is 1.62 bits per heavy atom. The number of pyridine rings is 1. The molecule has 0 bridgehead atoms. The number of anilines is 1. The summed E-state index contributed by atoms with van der Waals surface area (Å²) in [5, 5.41) is -1.99. The SMILES string of the molecule is O=C(Nc1cccnc1)C(F)(F)Cl. The lowest BCUT2D eigenvalue weighted by atomic mass is 10.4. The van der Waals surface area contributed by atoms with Gasteiger partial charge in [-0.25, -0.2) is 0 Å². The minimum atomic E-state index is -3.89. The molecule has 0 saturated carbocycles. The second-order valence-electron chi connectivity index (χ2n) is 2.19. The van der Waals surface area contributed by atoms with Gasteiger partial charge in [-0.1, -0.05) is 0 Å². The second-order valence-corrected chi connectivity index (χ2v) is 2.67. The number of halogens is 3. The van der Waals surface area contributed by atoms with Gasteiger partial charge in [-0.2, -0.15) is 8.78 Å². The van der Waals surface area contributed by atoms with Gasteiger partial charge in [0.05, 0.1) is 11.9 Å². The Morgan fingerprint density at radius 2 is 2.31 bits per heavy atom. The predicted molar refractivity (Wildman–Crippen MR) is 43.7 cm³/mol. The van der Waals surface area contributed by atoms with Gasteiger partial charge in [-0.3, -0.25) is 9.78 Å². The van der Waals surface area contributed by atoms with E-state index in [0.29, 0.717) is 0 Å². The number of alkyl halides is 3. The van der Waals surface area contributed by atoms with Gasteiger partial charge in [0.1, 0.15) is 0 Å². The Balaban J connectivity index is 2.66. The van der Waals surface area contributed by atoms with Crippen LogP contribution in [0.2, 0.25) is 0 Å². The van der Waals surface area contributed by atoms with E-state index in [9.17, 15) is 13.6 Å². The highest BCUT2D eigenvalue weighted by Crippen LogP contribution is 2.20. The molecular formula is C7H5ClF2N2O. The standard InChI is InChI=1S/C7H5ClF2N2O/c8-7(9,10)6(13)12-5-2-1-3-11-4-5/h1-4H,(H,12,13). The molecule has 13 heavy (non-hydrogen) atoms. The van der Waals surface area contributed by atoms with Crippen LogP contribution in [0, 0.1) is 0 Å². The summed E-state index contributed by atoms with van der Waals surface area (Å²) in [6.07, 6.45) is 2.69. The highest BCUT2D eigenvalue weighted by atomic mass is 35.5. The molecule has 0 saturated heterocycles. The summed E-state index contributed by atoms with van der Waals surface area (Å²) in [5.74, 6) is -1.57. The van der Waals surface area contributed by atoms with Crippen molar-refractivity contribution in [2.45, 2.75) is 5.38 Å². The Hall–Kier alpha value is -1.23. The quantitative estimate of drug-likeness (QED) is 0.751. The van der Waals surface area contributed by atoms with Crippen molar-refractivity contribution < 1.29 is 13.6 Å². The van der Waals surface area contributed by atoms with E-state index in [1.54, 1.807) is 0 Å². The average Bonchev–Trinajstić information content (AvgIpc) is 2.04. The van der Waals surface area contributed by atoms with Crippen LogP contribution in [0.5, 0.6) is 0 Å². The van der Waals surface area contributed by atoms with Crippen molar-refractivity contribution in [1.29, 1.82) is 0 Å². The molecule has 1 heterocycles. The van der Waals surface area contributed by atoms with Crippen molar-refractivity contribution >= 4 is 23.2 Å². The molecule has 6 heteroatoms. The van der Waals surface area contributed by atoms with Gasteiger partial charge < -0.3 is 5.32 Å². The number of amides is 1. The molecule has 1 aromatic heterocycles. The number of aromatic nitrogens is 1. The summed E-state index contributed by atoms with van der Waals surface area (Å²) in [4.78, 5) is 14.2. The van der Waals surface area contributed by atoms with Gasteiger partial charge in [0.25, 0.3) is 0 Å². The molecule has 0 atom stereocenters. The van der Waals surface area contributed by atoms with E-state index < -0.39 is 11.3 Å². The van der Waals surface area contributed by atoms with Crippen LogP contribution in [0.1, 0.15) is 0 Å². The molecule has 0 aliphatic heterocycles. The van der Waals surface area contributed by atoms with Gasteiger partial charge in [0.15, 0.2) is 0 Å². The molecule has 0 radical (unpaired) electrons. The Morgan fingerprint density at radius 3 is 2.77 bits per heavy atom. The lowest BCUT2D eigenvalue weighted by Gasteiger charge is -2.07. The summed E-state index contributed by atoms with van der Waals surface area (Å²) >= 11 is 4.47. The highest BCUT2D eigenvalue weighted by Gasteiger charge is 2.35. The molecule has 1 N–H and O–H groups in total. The number of nitrogens with one attached hydrogen (secondary N) is 1. The fourth-order valence-corrected chi connectivity index (χ4v) is 0.686. The maximum absolute atomic E-state index is 12.1. The van der Waals surface area contributed by atoms with E-state index in [4.69, 9.17) is 0 Å². The van der Waals surface area contributed by atoms with Crippen molar-refractivity contribution in [3.05, 3.63) is 24.5 Å². The normalized spacial score (nSPS) is 11.0. The summed E-state index contributed by atoms with van der Waals surface area (Å²) in [6, 6.07) is 2.93. The van der Waals surface area contributed by atoms with Crippen LogP contribution in [-0.4, -0.2) is 16.3 Å². The van der Waals surface area contributed by atoms with Crippen molar-refractivity contribution in [2.24, 2.45) is 0 Å². The minimum Gasteiger partial charge on any atom is -0.318 e. The van der Waals surface area contributed by atoms with Crippen molar-refractivity contribution in [1.82, 2.24) is 4.98 Å². The molecule has 0 aliphatic rings. The third-order valence-electron chi connectivity index (χ3n) is 1.18. The maximum Gasteiger partial charge on any atom is 0.400 e. The fraction of sp³-hybridized carbons (Fsp3) is 0.143. The van der Waals surface area contributed by atoms with E-state index in [-0.39, 0.29) is 5.69 Å². The second kappa shape index (κ2) is 3.66. The van der Waals surface area contributed by atoms with Crippen LogP contribution in [0.3, 0.4) is 0 Å². The van der Waals surface area contributed by atoms with Crippen molar-refractivity contribution in [3.63, 3.8) is 0 Å². The molecule has 0 spiro atoms. The van der Waals surface area contributed by atoms with E-state index >= 15 is 0 Å². The summed E-state index contributed by atoms with van der Waals surface area (Å²) in [6.45, 7) is 0. The van der Waals surface area contributed by atoms with Crippen molar-refractivity contribution in [2.75, 3.05) is 5.32 Å². The monoisotopic (exact) mass is 206 g/mol. The molecule has 0 aromatic carbocycles. The van der Waals surface area contributed by atoms with Gasteiger partial charge in [-0.15, -0.1) is 0 Å². The van der Waals surface area contributed by atoms with Crippen LogP contribution in [0.25, 0.3) is 0 Å². The third-order valence-corrected chi connectivity index (χ3v) is 1.35. The molecule has 0 fully saturated rings. The van der Waals surface area contributed by atoms with Crippen LogP contribution in [0.15, 0.2) is 24.5 Å². The molecule has 70 valence electrons. The highest BCUT2D eigenvalue weighted by molar-refractivity contribution is 6.33. The Bertz CT molecular complexity index is 299. The topological polar surface area (TPSA) is 42.0 Å². The smallest absolute Gasteiger partial charge is 0.318 e. The van der Waals surface area contributed by atoms with E-state index in [0.717, 1.165) is 0 Å². The number of carbonyl (C=O) groups excluding carboxylic acids is 1. The average molecular weight is 207 g/mol. The molecule has 1 rings (SSSR count). The zero-order chi connectivity index (χ0) is 9.90. The lowest BCUT2D eigenvalue weighted by molar-refractivity contribution is -0.130. The maximum atomic E-state index is 12.1. The van der Waals surface area contributed by atoms with Gasteiger partial charge in [0, 0.05) is 6.20 Å². The predicted octanol–water partition coefficient (Wildman–Crippen LogP) is 1.85. The van der Waals surface area contributed by atoms with E-state index in [2.05, 4.69) is 16.6 Å². The van der Waals surface area contributed by atoms with Gasteiger partial charge in [-0.05, 0) is 23.7 Å². The Labute approximate surface area is 77.7 Å². The molecule has 3 nitrogen and oxygen atoms in total. The zero-order valence-corrected chi connectivity index (χ0v) is 7.05. The summed E-state index contributed by atoms with van der Waals surface area (Å²) < 4.78 is 24.3. The number of nitrogens with zero attached hydrogens (tertiary/aromatic N) is 1. The summed E-state index contributed by atoms with van der Waals surface area (Å²) in [5.41, 5.74) is 0.174. The van der Waals surface area contributed by atoms with Gasteiger partial charge in [0.2, 0.25) is 0 Å². The number of hydrogen-bond donors (Lipinski definition) is 1. The van der Waals surface area contributed by atoms with Crippen LogP contribution < -0.4 is 5.32 Å². The molecule has 0 unspecified atom stereocenters. The number of hydrogen-bond acceptors (Lipinski definition) is 2. The molecule has 1 aromatic rings.